The highest BCUT2D eigenvalue weighted by Crippen LogP contribution is 2.29. The van der Waals surface area contributed by atoms with Gasteiger partial charge in [-0.1, -0.05) is 19.9 Å². The molecule has 2 nitrogen and oxygen atoms in total. The van der Waals surface area contributed by atoms with Crippen LogP contribution in [0.25, 0.3) is 0 Å². The first-order valence-corrected chi connectivity index (χ1v) is 6.71. The molecule has 3 heteroatoms. The summed E-state index contributed by atoms with van der Waals surface area (Å²) in [4.78, 5) is 2.12. The fraction of sp³-hybridized carbons (Fsp3) is 0.600. The fourth-order valence-electron chi connectivity index (χ4n) is 2.52. The Labute approximate surface area is 108 Å². The van der Waals surface area contributed by atoms with Gasteiger partial charge >= 0.3 is 0 Å². The lowest BCUT2D eigenvalue weighted by atomic mass is 9.88. The molecule has 0 aromatic heterocycles. The molecule has 1 N–H and O–H groups in total. The van der Waals surface area contributed by atoms with Crippen molar-refractivity contribution < 1.29 is 9.50 Å². The normalized spacial score (nSPS) is 26.2. The second-order valence-electron chi connectivity index (χ2n) is 5.58. The van der Waals surface area contributed by atoms with Gasteiger partial charge in [-0.2, -0.15) is 0 Å². The maximum atomic E-state index is 14.1. The Morgan fingerprint density at radius 3 is 2.61 bits per heavy atom. The summed E-state index contributed by atoms with van der Waals surface area (Å²) in [7, 11) is 0. The Morgan fingerprint density at radius 1 is 1.33 bits per heavy atom. The number of anilines is 1. The van der Waals surface area contributed by atoms with E-state index in [1.165, 1.54) is 6.07 Å². The van der Waals surface area contributed by atoms with Crippen LogP contribution in [0, 0.1) is 17.7 Å². The number of aliphatic hydroxyl groups is 1. The topological polar surface area (TPSA) is 23.5 Å². The molecule has 2 unspecified atom stereocenters. The van der Waals surface area contributed by atoms with Crippen molar-refractivity contribution in [3.8, 4) is 0 Å². The zero-order valence-corrected chi connectivity index (χ0v) is 11.4. The molecule has 0 radical (unpaired) electrons. The molecule has 0 amide bonds. The smallest absolute Gasteiger partial charge is 0.146 e. The average molecular weight is 251 g/mol. The largest absolute Gasteiger partial charge is 0.389 e. The first kappa shape index (κ1) is 13.3. The van der Waals surface area contributed by atoms with E-state index in [4.69, 9.17) is 0 Å². The van der Waals surface area contributed by atoms with Crippen LogP contribution in [0.2, 0.25) is 0 Å². The number of hydrogen-bond acceptors (Lipinski definition) is 2. The van der Waals surface area contributed by atoms with E-state index in [0.717, 1.165) is 19.5 Å². The monoisotopic (exact) mass is 251 g/mol. The summed E-state index contributed by atoms with van der Waals surface area (Å²) >= 11 is 0. The Hall–Kier alpha value is -1.09. The third kappa shape index (κ3) is 2.66. The van der Waals surface area contributed by atoms with Crippen LogP contribution < -0.4 is 4.90 Å². The molecule has 1 aromatic carbocycles. The molecule has 100 valence electrons. The maximum Gasteiger partial charge on any atom is 0.146 e. The van der Waals surface area contributed by atoms with Crippen molar-refractivity contribution in [2.75, 3.05) is 18.0 Å². The summed E-state index contributed by atoms with van der Waals surface area (Å²) in [6.07, 6.45) is 0.493. The van der Waals surface area contributed by atoms with Crippen molar-refractivity contribution >= 4 is 5.69 Å². The lowest BCUT2D eigenvalue weighted by Crippen LogP contribution is -2.38. The summed E-state index contributed by atoms with van der Waals surface area (Å²) in [5.74, 6) is 1.07. The molecular formula is C15H22FNO. The van der Waals surface area contributed by atoms with Crippen molar-refractivity contribution in [3.05, 3.63) is 29.6 Å². The van der Waals surface area contributed by atoms with E-state index >= 15 is 0 Å². The lowest BCUT2D eigenvalue weighted by Gasteiger charge is -2.37. The van der Waals surface area contributed by atoms with E-state index in [-0.39, 0.29) is 5.82 Å². The Kier molecular flexibility index (Phi) is 3.91. The molecular weight excluding hydrogens is 229 g/mol. The van der Waals surface area contributed by atoms with Crippen molar-refractivity contribution in [2.45, 2.75) is 33.3 Å². The Balaban J connectivity index is 2.19. The molecule has 0 aliphatic carbocycles. The van der Waals surface area contributed by atoms with E-state index in [2.05, 4.69) is 18.7 Å². The SMILES string of the molecule is CC1CCN(c2ccc([C@@H](C)O)cc2F)CC1C. The molecule has 0 spiro atoms. The lowest BCUT2D eigenvalue weighted by molar-refractivity contribution is 0.199. The van der Waals surface area contributed by atoms with E-state index in [0.29, 0.717) is 23.1 Å². The van der Waals surface area contributed by atoms with Gasteiger partial charge in [0, 0.05) is 13.1 Å². The molecule has 0 bridgehead atoms. The van der Waals surface area contributed by atoms with Crippen LogP contribution in [-0.4, -0.2) is 18.2 Å². The molecule has 1 aliphatic rings. The summed E-state index contributed by atoms with van der Waals surface area (Å²) in [5.41, 5.74) is 1.30. The number of piperidine rings is 1. The van der Waals surface area contributed by atoms with Gasteiger partial charge in [-0.05, 0) is 42.9 Å². The van der Waals surface area contributed by atoms with Gasteiger partial charge in [0.25, 0.3) is 0 Å². The van der Waals surface area contributed by atoms with E-state index < -0.39 is 6.10 Å². The van der Waals surface area contributed by atoms with E-state index in [1.807, 2.05) is 6.07 Å². The van der Waals surface area contributed by atoms with Gasteiger partial charge in [0.1, 0.15) is 5.82 Å². The fourth-order valence-corrected chi connectivity index (χ4v) is 2.52. The molecule has 1 aromatic rings. The molecule has 1 saturated heterocycles. The summed E-state index contributed by atoms with van der Waals surface area (Å²) < 4.78 is 14.1. The number of halogens is 1. The molecule has 3 atom stereocenters. The molecule has 1 heterocycles. The number of benzene rings is 1. The summed E-state index contributed by atoms with van der Waals surface area (Å²) in [5, 5.41) is 9.45. The summed E-state index contributed by atoms with van der Waals surface area (Å²) in [6.45, 7) is 7.95. The van der Waals surface area contributed by atoms with Crippen molar-refractivity contribution in [1.82, 2.24) is 0 Å². The minimum Gasteiger partial charge on any atom is -0.389 e. The van der Waals surface area contributed by atoms with Crippen LogP contribution in [0.1, 0.15) is 38.9 Å². The highest BCUT2D eigenvalue weighted by Gasteiger charge is 2.24. The third-order valence-electron chi connectivity index (χ3n) is 4.13. The maximum absolute atomic E-state index is 14.1. The van der Waals surface area contributed by atoms with Gasteiger partial charge in [0.15, 0.2) is 0 Å². The van der Waals surface area contributed by atoms with Gasteiger partial charge < -0.3 is 10.0 Å². The zero-order valence-electron chi connectivity index (χ0n) is 11.4. The second kappa shape index (κ2) is 5.27. The zero-order chi connectivity index (χ0) is 13.3. The van der Waals surface area contributed by atoms with Crippen LogP contribution >= 0.6 is 0 Å². The highest BCUT2D eigenvalue weighted by atomic mass is 19.1. The minimum absolute atomic E-state index is 0.227. The quantitative estimate of drug-likeness (QED) is 0.871. The second-order valence-corrected chi connectivity index (χ2v) is 5.58. The van der Waals surface area contributed by atoms with E-state index in [9.17, 15) is 9.50 Å². The highest BCUT2D eigenvalue weighted by molar-refractivity contribution is 5.50. The van der Waals surface area contributed by atoms with Crippen LogP contribution in [-0.2, 0) is 0 Å². The van der Waals surface area contributed by atoms with E-state index in [1.54, 1.807) is 13.0 Å². The van der Waals surface area contributed by atoms with Crippen LogP contribution in [0.3, 0.4) is 0 Å². The predicted molar refractivity (Wildman–Crippen MR) is 72.2 cm³/mol. The standard InChI is InChI=1S/C15H22FNO/c1-10-6-7-17(9-11(10)2)15-5-4-13(12(3)18)8-14(15)16/h4-5,8,10-12,18H,6-7,9H2,1-3H3/t10?,11?,12-/m1/s1. The van der Waals surface area contributed by atoms with Crippen LogP contribution in [0.5, 0.6) is 0 Å². The predicted octanol–water partition coefficient (Wildman–Crippen LogP) is 3.36. The van der Waals surface area contributed by atoms with Crippen molar-refractivity contribution in [3.63, 3.8) is 0 Å². The average Bonchev–Trinajstić information content (AvgIpc) is 2.32. The minimum atomic E-state index is -0.617. The molecule has 1 aliphatic heterocycles. The van der Waals surface area contributed by atoms with Crippen molar-refractivity contribution in [2.24, 2.45) is 11.8 Å². The van der Waals surface area contributed by atoms with Gasteiger partial charge in [0.05, 0.1) is 11.8 Å². The molecule has 18 heavy (non-hydrogen) atoms. The molecule has 0 saturated carbocycles. The number of rotatable bonds is 2. The first-order valence-electron chi connectivity index (χ1n) is 6.71. The van der Waals surface area contributed by atoms with Crippen LogP contribution in [0.15, 0.2) is 18.2 Å². The Bertz CT molecular complexity index is 419. The molecule has 2 rings (SSSR count). The number of hydrogen-bond donors (Lipinski definition) is 1. The molecule has 1 fully saturated rings. The van der Waals surface area contributed by atoms with Gasteiger partial charge in [-0.25, -0.2) is 4.39 Å². The van der Waals surface area contributed by atoms with Gasteiger partial charge in [-0.15, -0.1) is 0 Å². The van der Waals surface area contributed by atoms with Gasteiger partial charge in [-0.3, -0.25) is 0 Å². The van der Waals surface area contributed by atoms with Gasteiger partial charge in [0.2, 0.25) is 0 Å². The summed E-state index contributed by atoms with van der Waals surface area (Å²) in [6, 6.07) is 5.05. The number of nitrogens with zero attached hydrogens (tertiary/aromatic N) is 1. The third-order valence-corrected chi connectivity index (χ3v) is 4.13. The van der Waals surface area contributed by atoms with Crippen molar-refractivity contribution in [1.29, 1.82) is 0 Å². The van der Waals surface area contributed by atoms with Crippen LogP contribution in [0.4, 0.5) is 10.1 Å². The Morgan fingerprint density at radius 2 is 2.06 bits per heavy atom. The number of aliphatic hydroxyl groups excluding tert-OH is 1. The first-order chi connectivity index (χ1) is 8.49.